The third-order valence-electron chi connectivity index (χ3n) is 0. The topological polar surface area (TPSA) is 137 Å². The molecule has 0 spiro atoms. The van der Waals surface area contributed by atoms with E-state index in [9.17, 15) is 0 Å². The van der Waals surface area contributed by atoms with Gasteiger partial charge in [-0.3, -0.25) is 0 Å². The van der Waals surface area contributed by atoms with Crippen LogP contribution in [0.15, 0.2) is 0 Å². The monoisotopic (exact) mass is 379 g/mol. The van der Waals surface area contributed by atoms with Gasteiger partial charge >= 0.3 is 12.3 Å². The maximum Gasteiger partial charge on any atom is 0.373 e. The lowest BCUT2D eigenvalue weighted by Crippen LogP contribution is -1.22. The SMILES string of the molecule is C.C.C.C.C.C.C.C.C.C.C.C.C.C.O=C=O.O=C=O.O=O.O=O.[2HH]. The number of rotatable bonds is 0. The van der Waals surface area contributed by atoms with Crippen molar-refractivity contribution in [2.75, 3.05) is 0 Å². The molecule has 0 aliphatic heterocycles. The molecule has 0 bridgehead atoms. The highest BCUT2D eigenvalue weighted by Crippen LogP contribution is 0.791. The molecule has 0 saturated carbocycles. The molecule has 0 aliphatic carbocycles. The maximum atomic E-state index is 8.12. The van der Waals surface area contributed by atoms with Gasteiger partial charge in [0.1, 0.15) is 0 Å². The fraction of sp³-hybridized carbons (Fsp3) is 0.875. The largest absolute Gasteiger partial charge is 0.373 e. The Kier molecular flexibility index (Phi) is 134000000. The smallest absolute Gasteiger partial charge is 0.186 e. The van der Waals surface area contributed by atoms with Crippen LogP contribution in [0.5, 0.6) is 0 Å². The molecule has 8 nitrogen and oxygen atoms in total. The molecule has 24 heavy (non-hydrogen) atoms. The van der Waals surface area contributed by atoms with Gasteiger partial charge in [-0.2, -0.15) is 19.2 Å². The average Bonchev–Trinajstić information content (AvgIpc) is 1.99. The van der Waals surface area contributed by atoms with Crippen molar-refractivity contribution in [2.45, 2.75) is 104 Å². The van der Waals surface area contributed by atoms with Crippen LogP contribution >= 0.6 is 0 Å². The minimum Gasteiger partial charge on any atom is -0.186 e. The normalized spacial score (nSPS) is 1.00. The molecule has 0 amide bonds. The van der Waals surface area contributed by atoms with E-state index in [2.05, 4.69) is 0 Å². The highest BCUT2D eigenvalue weighted by atomic mass is 16.7. The average molecular weight is 380 g/mol. The van der Waals surface area contributed by atoms with Gasteiger partial charge in [0, 0.05) is 21.3 Å². The summed E-state index contributed by atoms with van der Waals surface area (Å²) in [7, 11) is 0. The van der Waals surface area contributed by atoms with Crippen LogP contribution in [0.25, 0.3) is 0 Å². The molecule has 0 N–H and O–H groups in total. The molecule has 0 radical (unpaired) electrons. The molecule has 0 aromatic carbocycles. The van der Waals surface area contributed by atoms with E-state index in [4.69, 9.17) is 39.0 Å². The second kappa shape index (κ2) is 5220000. The Morgan fingerprint density at radius 2 is 0.292 bits per heavy atom. The summed E-state index contributed by atoms with van der Waals surface area (Å²) in [5.41, 5.74) is 0. The maximum absolute atomic E-state index is 8.12. The van der Waals surface area contributed by atoms with Crippen molar-refractivity contribution in [1.29, 1.82) is 0 Å². The van der Waals surface area contributed by atoms with Gasteiger partial charge < -0.3 is 0 Å². The fourth-order valence-electron chi connectivity index (χ4n) is 0. The van der Waals surface area contributed by atoms with Crippen LogP contribution in [0.1, 0.15) is 105 Å². The van der Waals surface area contributed by atoms with Crippen LogP contribution in [-0.4, -0.2) is 12.3 Å². The Morgan fingerprint density at radius 3 is 0.292 bits per heavy atom. The van der Waals surface area contributed by atoms with Gasteiger partial charge in [-0.05, 0) is 0 Å². The first-order valence-electron chi connectivity index (χ1n) is 1.15. The molecule has 0 saturated heterocycles. The highest BCUT2D eigenvalue weighted by Gasteiger charge is 1.13. The first-order valence-corrected chi connectivity index (χ1v) is 1.15. The van der Waals surface area contributed by atoms with E-state index in [1.54, 1.807) is 0 Å². The van der Waals surface area contributed by atoms with Crippen LogP contribution in [0.4, 0.5) is 0 Å². The van der Waals surface area contributed by atoms with Crippen molar-refractivity contribution in [3.8, 4) is 0 Å². The van der Waals surface area contributed by atoms with E-state index >= 15 is 0 Å². The zero-order chi connectivity index (χ0) is 9.41. The van der Waals surface area contributed by atoms with Crippen molar-refractivity contribution in [2.24, 2.45) is 0 Å². The first kappa shape index (κ1) is 615. The third-order valence-corrected chi connectivity index (χ3v) is 0. The van der Waals surface area contributed by atoms with Crippen LogP contribution in [0, 0.1) is 19.9 Å². The summed E-state index contributed by atoms with van der Waals surface area (Å²) in [6.45, 7) is 0. The third kappa shape index (κ3) is 1720. The summed E-state index contributed by atoms with van der Waals surface area (Å²) in [6.07, 6.45) is 0.500. The molecule has 0 fully saturated rings. The highest BCUT2D eigenvalue weighted by molar-refractivity contribution is 5.20. The number of carbonyl (C=O) groups excluding carboxylic acids is 4. The fourth-order valence-corrected chi connectivity index (χ4v) is 0. The van der Waals surface area contributed by atoms with E-state index in [0.717, 1.165) is 0 Å². The first-order chi connectivity index (χ1) is 4.83. The van der Waals surface area contributed by atoms with Crippen molar-refractivity contribution in [3.63, 3.8) is 0 Å². The van der Waals surface area contributed by atoms with E-state index in [1.807, 2.05) is 0 Å². The van der Waals surface area contributed by atoms with E-state index in [1.165, 1.54) is 0 Å². The Morgan fingerprint density at radius 1 is 0.292 bits per heavy atom. The predicted molar refractivity (Wildman–Crippen MR) is 120 cm³/mol. The van der Waals surface area contributed by atoms with Crippen LogP contribution < -0.4 is 0 Å². The summed E-state index contributed by atoms with van der Waals surface area (Å²) in [6, 6.07) is 0. The number of hydrogen-bond donors (Lipinski definition) is 0. The van der Waals surface area contributed by atoms with Crippen molar-refractivity contribution >= 4 is 12.3 Å². The standard InChI is InChI=1S/2CO2.14CH4.2O2.H2/c2*2-1-3;;;;;;;;;;;;;;;2*1-2;/h;;14*1H4;;;1H/i;;;;;;;;;;;;;;;;;;1+1. The molecule has 8 heteroatoms. The van der Waals surface area contributed by atoms with Gasteiger partial charge in [-0.1, -0.05) is 104 Å². The number of hydrogen-bond acceptors (Lipinski definition) is 8. The minimum absolute atomic E-state index is 0. The lowest BCUT2D eigenvalue weighted by Gasteiger charge is -0.945. The summed E-state index contributed by atoms with van der Waals surface area (Å²) in [5, 5.41) is 0. The molecule has 0 aromatic heterocycles. The van der Waals surface area contributed by atoms with Crippen molar-refractivity contribution < 1.29 is 20.6 Å². The zero-order valence-corrected chi connectivity index (χ0v) is 4.27. The Hall–Kier alpha value is -2.04. The molecule has 0 atom stereocenters. The lowest BCUT2D eigenvalue weighted by molar-refractivity contribution is -0.193. The molecule has 0 aliphatic rings. The second-order valence-electron chi connectivity index (χ2n) is 0.167. The van der Waals surface area contributed by atoms with Crippen LogP contribution in [0.2, 0.25) is 0 Å². The molecule has 170 valence electrons. The lowest BCUT2D eigenvalue weighted by atomic mass is 11.8. The quantitative estimate of drug-likeness (QED) is 0.411. The molecule has 0 heterocycles. The van der Waals surface area contributed by atoms with Crippen molar-refractivity contribution in [1.82, 2.24) is 0 Å². The van der Waals surface area contributed by atoms with Gasteiger partial charge in [-0.25, -0.2) is 0 Å². The molecular weight excluding hydrogens is 320 g/mol. The van der Waals surface area contributed by atoms with E-state index in [-0.39, 0.29) is 118 Å². The predicted octanol–water partition coefficient (Wildman–Crippen LogP) is 8.12. The molecule has 0 aromatic rings. The Labute approximate surface area is 157 Å². The van der Waals surface area contributed by atoms with Crippen molar-refractivity contribution in [3.05, 3.63) is 19.9 Å². The molecule has 0 unspecified atom stereocenters. The second-order valence-corrected chi connectivity index (χ2v) is 0.167. The Bertz CT molecular complexity index is 101. The van der Waals surface area contributed by atoms with Gasteiger partial charge in [-0.15, -0.1) is 0 Å². The Balaban J connectivity index is -0.000000000949. The van der Waals surface area contributed by atoms with Gasteiger partial charge in [0.25, 0.3) is 0 Å². The van der Waals surface area contributed by atoms with Crippen LogP contribution in [0.3, 0.4) is 0 Å². The van der Waals surface area contributed by atoms with Gasteiger partial charge in [0.05, 0.1) is 0 Å². The minimum atomic E-state index is 0. The van der Waals surface area contributed by atoms with Gasteiger partial charge in [0.2, 0.25) is 0 Å². The van der Waals surface area contributed by atoms with Gasteiger partial charge in [0.15, 0.2) is 0 Å². The van der Waals surface area contributed by atoms with E-state index in [0.29, 0.717) is 0 Å². The summed E-state index contributed by atoms with van der Waals surface area (Å²) >= 11 is 0. The summed E-state index contributed by atoms with van der Waals surface area (Å²) < 4.78 is 0. The molecule has 0 rings (SSSR count). The summed E-state index contributed by atoms with van der Waals surface area (Å²) in [5.74, 6) is 0. The van der Waals surface area contributed by atoms with E-state index < -0.39 is 0 Å². The van der Waals surface area contributed by atoms with Crippen LogP contribution in [-0.2, 0) is 19.2 Å². The molecular formula is C16H58O8. The summed E-state index contributed by atoms with van der Waals surface area (Å²) in [4.78, 5) is 60.5. The zero-order valence-electron chi connectivity index (χ0n) is 4.27.